The fourth-order valence-corrected chi connectivity index (χ4v) is 5.42. The minimum atomic E-state index is -0.620. The number of ether oxygens (including phenoxy) is 2. The Morgan fingerprint density at radius 3 is 2.56 bits per heavy atom. The number of nitrogens with zero attached hydrogens (tertiary/aromatic N) is 2. The van der Waals surface area contributed by atoms with Gasteiger partial charge in [-0.3, -0.25) is 19.2 Å². The number of rotatable bonds is 10. The molecule has 3 fully saturated rings. The number of nitrogens with one attached hydrogen (secondary N) is 2. The number of carbonyl (C=O) groups excluding carboxylic acids is 4. The summed E-state index contributed by atoms with van der Waals surface area (Å²) in [5.41, 5.74) is 2.36. The van der Waals surface area contributed by atoms with Gasteiger partial charge in [0.1, 0.15) is 30.8 Å². The molecule has 5 rings (SSSR count). The van der Waals surface area contributed by atoms with E-state index in [1.54, 1.807) is 24.0 Å². The molecular weight excluding hydrogens is 528 g/mol. The molecule has 41 heavy (non-hydrogen) atoms. The molecule has 3 aliphatic rings. The number of esters is 1. The Morgan fingerprint density at radius 2 is 1.93 bits per heavy atom. The first kappa shape index (κ1) is 28.5. The van der Waals surface area contributed by atoms with Crippen molar-refractivity contribution in [2.75, 3.05) is 26.3 Å². The van der Waals surface area contributed by atoms with Gasteiger partial charge in [0.05, 0.1) is 24.6 Å². The van der Waals surface area contributed by atoms with Crippen LogP contribution in [0.25, 0.3) is 0 Å². The lowest BCUT2D eigenvalue weighted by Crippen LogP contribution is -2.51. The number of piperidine rings is 1. The number of benzene rings is 1. The summed E-state index contributed by atoms with van der Waals surface area (Å²) in [6.45, 7) is 2.25. The van der Waals surface area contributed by atoms with Gasteiger partial charge < -0.3 is 30.1 Å². The monoisotopic (exact) mass is 564 g/mol. The molecule has 11 heteroatoms. The van der Waals surface area contributed by atoms with E-state index in [1.807, 2.05) is 12.1 Å². The molecule has 2 aliphatic heterocycles. The lowest BCUT2D eigenvalue weighted by atomic mass is 10.00. The molecule has 1 aromatic carbocycles. The van der Waals surface area contributed by atoms with Crippen molar-refractivity contribution in [1.29, 1.82) is 0 Å². The molecule has 2 saturated heterocycles. The average molecular weight is 565 g/mol. The Hall–Kier alpha value is -3.99. The molecule has 0 unspecified atom stereocenters. The van der Waals surface area contributed by atoms with Crippen LogP contribution >= 0.6 is 0 Å². The minimum Gasteiger partial charge on any atom is -0.482 e. The van der Waals surface area contributed by atoms with Crippen LogP contribution in [0.5, 0.6) is 5.75 Å². The fourth-order valence-electron chi connectivity index (χ4n) is 5.42. The molecule has 3 heterocycles. The maximum Gasteiger partial charge on any atom is 0.306 e. The van der Waals surface area contributed by atoms with E-state index < -0.39 is 30.6 Å². The van der Waals surface area contributed by atoms with Gasteiger partial charge in [0.25, 0.3) is 5.91 Å². The van der Waals surface area contributed by atoms with Gasteiger partial charge in [0.2, 0.25) is 11.8 Å². The number of aliphatic hydroxyl groups is 1. The number of pyridine rings is 1. The van der Waals surface area contributed by atoms with Gasteiger partial charge in [-0.2, -0.15) is 0 Å². The second-order valence-electron chi connectivity index (χ2n) is 11.1. The van der Waals surface area contributed by atoms with Crippen molar-refractivity contribution in [3.63, 3.8) is 0 Å². The van der Waals surface area contributed by atoms with E-state index in [1.165, 1.54) is 24.6 Å². The zero-order chi connectivity index (χ0) is 28.9. The van der Waals surface area contributed by atoms with Crippen molar-refractivity contribution in [3.05, 3.63) is 59.4 Å². The second-order valence-corrected chi connectivity index (χ2v) is 11.1. The van der Waals surface area contributed by atoms with E-state index in [4.69, 9.17) is 9.47 Å². The molecule has 2 aromatic rings. The van der Waals surface area contributed by atoms with E-state index in [2.05, 4.69) is 27.8 Å². The first-order valence-electron chi connectivity index (χ1n) is 14.2. The normalized spacial score (nSPS) is 21.9. The Morgan fingerprint density at radius 1 is 1.15 bits per heavy atom. The molecular formula is C30H36N4O7. The van der Waals surface area contributed by atoms with Gasteiger partial charge in [-0.15, -0.1) is 0 Å². The summed E-state index contributed by atoms with van der Waals surface area (Å²) in [4.78, 5) is 55.0. The van der Waals surface area contributed by atoms with Gasteiger partial charge >= 0.3 is 5.97 Å². The maximum absolute atomic E-state index is 12.9. The van der Waals surface area contributed by atoms with E-state index in [0.717, 1.165) is 18.4 Å². The highest BCUT2D eigenvalue weighted by molar-refractivity contribution is 5.92. The molecule has 1 aliphatic carbocycles. The second kappa shape index (κ2) is 12.7. The van der Waals surface area contributed by atoms with Gasteiger partial charge in [-0.1, -0.05) is 24.3 Å². The highest BCUT2D eigenvalue weighted by Gasteiger charge is 2.35. The number of hydrogen-bond acceptors (Lipinski definition) is 8. The molecule has 3 N–H and O–H groups in total. The predicted octanol–water partition coefficient (Wildman–Crippen LogP) is 1.86. The third-order valence-corrected chi connectivity index (χ3v) is 7.81. The van der Waals surface area contributed by atoms with Gasteiger partial charge in [0, 0.05) is 19.1 Å². The largest absolute Gasteiger partial charge is 0.482 e. The summed E-state index contributed by atoms with van der Waals surface area (Å²) in [6.07, 6.45) is 4.89. The van der Waals surface area contributed by atoms with Gasteiger partial charge in [-0.05, 0) is 61.8 Å². The molecule has 218 valence electrons. The number of aromatic nitrogens is 1. The van der Waals surface area contributed by atoms with E-state index in [0.29, 0.717) is 24.8 Å². The molecule has 3 amide bonds. The molecule has 0 radical (unpaired) electrons. The average Bonchev–Trinajstić information content (AvgIpc) is 3.75. The number of hydrogen-bond donors (Lipinski definition) is 3. The topological polar surface area (TPSA) is 147 Å². The number of carbonyl (C=O) groups is 4. The summed E-state index contributed by atoms with van der Waals surface area (Å²) >= 11 is 0. The Bertz CT molecular complexity index is 1260. The smallest absolute Gasteiger partial charge is 0.306 e. The Kier molecular flexibility index (Phi) is 8.82. The van der Waals surface area contributed by atoms with Crippen molar-refractivity contribution < 1.29 is 33.8 Å². The van der Waals surface area contributed by atoms with E-state index >= 15 is 0 Å². The molecule has 0 spiro atoms. The lowest BCUT2D eigenvalue weighted by molar-refractivity contribution is -0.138. The van der Waals surface area contributed by atoms with Crippen LogP contribution in [0, 0.1) is 5.92 Å². The maximum atomic E-state index is 12.9. The highest BCUT2D eigenvalue weighted by atomic mass is 16.5. The first-order valence-corrected chi connectivity index (χ1v) is 14.2. The number of aliphatic hydroxyl groups excluding tert-OH is 1. The zero-order valence-corrected chi connectivity index (χ0v) is 23.1. The Balaban J connectivity index is 1.20. The third kappa shape index (κ3) is 7.21. The van der Waals surface area contributed by atoms with Crippen LogP contribution in [0.3, 0.4) is 0 Å². The molecule has 1 saturated carbocycles. The first-order chi connectivity index (χ1) is 19.8. The minimum absolute atomic E-state index is 0.101. The van der Waals surface area contributed by atoms with Crippen LogP contribution in [0.2, 0.25) is 0 Å². The molecule has 4 atom stereocenters. The van der Waals surface area contributed by atoms with Crippen molar-refractivity contribution in [1.82, 2.24) is 20.5 Å². The van der Waals surface area contributed by atoms with Crippen LogP contribution < -0.4 is 15.4 Å². The van der Waals surface area contributed by atoms with E-state index in [-0.39, 0.29) is 42.5 Å². The highest BCUT2D eigenvalue weighted by Crippen LogP contribution is 2.40. The summed E-state index contributed by atoms with van der Waals surface area (Å²) in [6, 6.07) is 10.7. The third-order valence-electron chi connectivity index (χ3n) is 7.81. The fraction of sp³-hybridized carbons (Fsp3) is 0.500. The van der Waals surface area contributed by atoms with Crippen LogP contribution in [0.15, 0.2) is 42.6 Å². The van der Waals surface area contributed by atoms with Gasteiger partial charge in [0.15, 0.2) is 0 Å². The van der Waals surface area contributed by atoms with Crippen molar-refractivity contribution in [2.24, 2.45) is 5.92 Å². The number of likely N-dealkylation sites (tertiary alicyclic amines) is 1. The van der Waals surface area contributed by atoms with Crippen molar-refractivity contribution in [2.45, 2.75) is 63.1 Å². The lowest BCUT2D eigenvalue weighted by Gasteiger charge is -2.34. The zero-order valence-electron chi connectivity index (χ0n) is 23.1. The SMILES string of the molecule is C[C@H](NC(=O)CO)[C@H](Oc1ccc(C(=O)N[C@H]2CCCN(C(=O)[C@H]3COC(=O)C3)C2)nc1)c1ccc(C2CC2)cc1. The number of amides is 3. The summed E-state index contributed by atoms with van der Waals surface area (Å²) in [5, 5.41) is 14.9. The van der Waals surface area contributed by atoms with Gasteiger partial charge in [-0.25, -0.2) is 4.98 Å². The molecule has 1 aromatic heterocycles. The van der Waals surface area contributed by atoms with Crippen molar-refractivity contribution >= 4 is 23.7 Å². The van der Waals surface area contributed by atoms with Crippen LogP contribution in [0.1, 0.15) is 72.7 Å². The Labute approximate surface area is 238 Å². The standard InChI is InChI=1S/C30H36N4O7/c1-18(32-26(36)16-35)28(21-8-6-20(7-9-21)19-4-5-19)41-24-10-11-25(31-14-24)29(38)33-23-3-2-12-34(15-23)30(39)22-13-27(37)40-17-22/h6-11,14,18-19,22-23,28,35H,2-5,12-13,15-17H2,1H3,(H,32,36)(H,33,38)/t18-,22+,23-,28-/m0/s1. The van der Waals surface area contributed by atoms with Crippen molar-refractivity contribution in [3.8, 4) is 5.75 Å². The number of cyclic esters (lactones) is 1. The molecule has 0 bridgehead atoms. The summed E-state index contributed by atoms with van der Waals surface area (Å²) in [7, 11) is 0. The predicted molar refractivity (Wildman–Crippen MR) is 147 cm³/mol. The van der Waals surface area contributed by atoms with E-state index in [9.17, 15) is 24.3 Å². The van der Waals surface area contributed by atoms with Crippen LogP contribution in [0.4, 0.5) is 0 Å². The summed E-state index contributed by atoms with van der Waals surface area (Å²) in [5.74, 6) is -0.745. The quantitative estimate of drug-likeness (QED) is 0.371. The molecule has 11 nitrogen and oxygen atoms in total. The van der Waals surface area contributed by atoms with Crippen LogP contribution in [-0.4, -0.2) is 77.1 Å². The van der Waals surface area contributed by atoms with Crippen LogP contribution in [-0.2, 0) is 19.1 Å². The summed E-state index contributed by atoms with van der Waals surface area (Å²) < 4.78 is 11.2.